The van der Waals surface area contributed by atoms with Gasteiger partial charge >= 0.3 is 0 Å². The molecule has 2 rings (SSSR count). The molecule has 0 aliphatic carbocycles. The maximum atomic E-state index is 13.6. The van der Waals surface area contributed by atoms with E-state index in [0.29, 0.717) is 11.3 Å². The fourth-order valence-corrected chi connectivity index (χ4v) is 1.92. The van der Waals surface area contributed by atoms with Crippen LogP contribution in [-0.4, -0.2) is 5.91 Å². The van der Waals surface area contributed by atoms with Gasteiger partial charge in [0.05, 0.1) is 27.9 Å². The molecule has 0 atom stereocenters. The van der Waals surface area contributed by atoms with Crippen LogP contribution in [0.15, 0.2) is 36.4 Å². The number of rotatable bonds is 2. The molecule has 0 saturated carbocycles. The summed E-state index contributed by atoms with van der Waals surface area (Å²) in [6.45, 7) is 1.77. The first kappa shape index (κ1) is 14.0. The van der Waals surface area contributed by atoms with Gasteiger partial charge in [0.1, 0.15) is 5.82 Å². The Morgan fingerprint density at radius 1 is 1.30 bits per heavy atom. The van der Waals surface area contributed by atoms with Crippen LogP contribution >= 0.6 is 11.6 Å². The monoisotopic (exact) mass is 288 g/mol. The van der Waals surface area contributed by atoms with Gasteiger partial charge in [-0.15, -0.1) is 0 Å². The molecular formula is C15H10ClFN2O. The molecule has 100 valence electrons. The van der Waals surface area contributed by atoms with Crippen molar-refractivity contribution in [1.82, 2.24) is 0 Å². The van der Waals surface area contributed by atoms with Crippen LogP contribution in [-0.2, 0) is 0 Å². The number of benzene rings is 2. The summed E-state index contributed by atoms with van der Waals surface area (Å²) < 4.78 is 13.6. The van der Waals surface area contributed by atoms with Crippen molar-refractivity contribution < 1.29 is 9.18 Å². The number of carbonyl (C=O) groups is 1. The molecule has 3 nitrogen and oxygen atoms in total. The number of halogens is 2. The summed E-state index contributed by atoms with van der Waals surface area (Å²) in [5, 5.41) is 11.5. The second-order valence-corrected chi connectivity index (χ2v) is 4.65. The fourth-order valence-electron chi connectivity index (χ4n) is 1.69. The van der Waals surface area contributed by atoms with Crippen LogP contribution in [0.25, 0.3) is 0 Å². The Hall–Kier alpha value is -2.38. The lowest BCUT2D eigenvalue weighted by atomic mass is 10.1. The molecular weight excluding hydrogens is 279 g/mol. The molecule has 0 radical (unpaired) electrons. The topological polar surface area (TPSA) is 52.9 Å². The SMILES string of the molecule is Cc1ccc(F)c(C(=O)Nc2ccc(C#N)cc2Cl)c1. The Balaban J connectivity index is 2.28. The predicted octanol–water partition coefficient (Wildman–Crippen LogP) is 3.91. The van der Waals surface area contributed by atoms with Gasteiger partial charge < -0.3 is 5.32 Å². The van der Waals surface area contributed by atoms with Gasteiger partial charge in [-0.3, -0.25) is 4.79 Å². The van der Waals surface area contributed by atoms with Gasteiger partial charge in [-0.25, -0.2) is 4.39 Å². The highest BCUT2D eigenvalue weighted by Gasteiger charge is 2.13. The Labute approximate surface area is 120 Å². The number of anilines is 1. The Bertz CT molecular complexity index is 722. The van der Waals surface area contributed by atoms with E-state index in [0.717, 1.165) is 5.56 Å². The largest absolute Gasteiger partial charge is 0.321 e. The minimum Gasteiger partial charge on any atom is -0.321 e. The number of nitrogens with one attached hydrogen (secondary N) is 1. The number of hydrogen-bond donors (Lipinski definition) is 1. The first-order valence-electron chi connectivity index (χ1n) is 5.78. The number of carbonyl (C=O) groups excluding carboxylic acids is 1. The average Bonchev–Trinajstić information content (AvgIpc) is 2.43. The zero-order valence-electron chi connectivity index (χ0n) is 10.6. The Morgan fingerprint density at radius 2 is 2.05 bits per heavy atom. The third-order valence-corrected chi connectivity index (χ3v) is 3.03. The summed E-state index contributed by atoms with van der Waals surface area (Å²) in [5.74, 6) is -1.18. The standard InChI is InChI=1S/C15H10ClFN2O/c1-9-2-4-13(17)11(6-9)15(20)19-14-5-3-10(8-18)7-12(14)16/h2-7H,1H3,(H,19,20). The summed E-state index contributed by atoms with van der Waals surface area (Å²) in [4.78, 5) is 12.0. The van der Waals surface area contributed by atoms with E-state index in [1.807, 2.05) is 6.07 Å². The molecule has 0 aromatic heterocycles. The van der Waals surface area contributed by atoms with Crippen LogP contribution in [0.5, 0.6) is 0 Å². The van der Waals surface area contributed by atoms with E-state index >= 15 is 0 Å². The summed E-state index contributed by atoms with van der Waals surface area (Å²) in [6.07, 6.45) is 0. The van der Waals surface area contributed by atoms with Crippen molar-refractivity contribution in [1.29, 1.82) is 5.26 Å². The highest BCUT2D eigenvalue weighted by molar-refractivity contribution is 6.34. The third kappa shape index (κ3) is 2.95. The Kier molecular flexibility index (Phi) is 4.02. The zero-order chi connectivity index (χ0) is 14.7. The van der Waals surface area contributed by atoms with Gasteiger partial charge in [-0.2, -0.15) is 5.26 Å². The lowest BCUT2D eigenvalue weighted by molar-refractivity contribution is 0.102. The maximum absolute atomic E-state index is 13.6. The molecule has 0 heterocycles. The van der Waals surface area contributed by atoms with E-state index in [9.17, 15) is 9.18 Å². The average molecular weight is 289 g/mol. The lowest BCUT2D eigenvalue weighted by Gasteiger charge is -2.08. The van der Waals surface area contributed by atoms with Gasteiger partial charge in [0.25, 0.3) is 5.91 Å². The van der Waals surface area contributed by atoms with Crippen molar-refractivity contribution in [3.8, 4) is 6.07 Å². The van der Waals surface area contributed by atoms with Crippen molar-refractivity contribution in [2.75, 3.05) is 5.32 Å². The van der Waals surface area contributed by atoms with Crippen LogP contribution in [0.3, 0.4) is 0 Å². The molecule has 0 bridgehead atoms. The molecule has 0 saturated heterocycles. The molecule has 0 aliphatic rings. The summed E-state index contributed by atoms with van der Waals surface area (Å²) in [6, 6.07) is 10.7. The number of nitriles is 1. The van der Waals surface area contributed by atoms with Gasteiger partial charge in [-0.05, 0) is 37.3 Å². The van der Waals surface area contributed by atoms with Crippen LogP contribution in [0.4, 0.5) is 10.1 Å². The minimum atomic E-state index is -0.599. The normalized spacial score (nSPS) is 9.90. The maximum Gasteiger partial charge on any atom is 0.258 e. The summed E-state index contributed by atoms with van der Waals surface area (Å²) in [5.41, 5.74) is 1.44. The van der Waals surface area contributed by atoms with Gasteiger partial charge in [-0.1, -0.05) is 23.2 Å². The van der Waals surface area contributed by atoms with Crippen molar-refractivity contribution in [3.63, 3.8) is 0 Å². The van der Waals surface area contributed by atoms with Crippen LogP contribution in [0.2, 0.25) is 5.02 Å². The number of nitrogens with zero attached hydrogens (tertiary/aromatic N) is 1. The first-order chi connectivity index (χ1) is 9.51. The molecule has 1 N–H and O–H groups in total. The second-order valence-electron chi connectivity index (χ2n) is 4.24. The number of amides is 1. The van der Waals surface area contributed by atoms with Crippen molar-refractivity contribution in [3.05, 3.63) is 63.9 Å². The smallest absolute Gasteiger partial charge is 0.258 e. The van der Waals surface area contributed by atoms with E-state index in [-0.39, 0.29) is 10.6 Å². The van der Waals surface area contributed by atoms with Gasteiger partial charge in [0, 0.05) is 0 Å². The van der Waals surface area contributed by atoms with E-state index in [1.165, 1.54) is 30.3 Å². The highest BCUT2D eigenvalue weighted by atomic mass is 35.5. The molecule has 20 heavy (non-hydrogen) atoms. The Morgan fingerprint density at radius 3 is 2.70 bits per heavy atom. The zero-order valence-corrected chi connectivity index (χ0v) is 11.3. The molecule has 0 fully saturated rings. The summed E-state index contributed by atoms with van der Waals surface area (Å²) in [7, 11) is 0. The molecule has 1 amide bonds. The van der Waals surface area contributed by atoms with Crippen molar-refractivity contribution in [2.24, 2.45) is 0 Å². The van der Waals surface area contributed by atoms with E-state index < -0.39 is 11.7 Å². The van der Waals surface area contributed by atoms with Crippen molar-refractivity contribution >= 4 is 23.2 Å². The molecule has 0 unspecified atom stereocenters. The van der Waals surface area contributed by atoms with E-state index in [2.05, 4.69) is 5.32 Å². The molecule has 2 aromatic rings. The predicted molar refractivity (Wildman–Crippen MR) is 75.3 cm³/mol. The fraction of sp³-hybridized carbons (Fsp3) is 0.0667. The highest BCUT2D eigenvalue weighted by Crippen LogP contribution is 2.23. The second kappa shape index (κ2) is 5.72. The quantitative estimate of drug-likeness (QED) is 0.911. The van der Waals surface area contributed by atoms with Crippen LogP contribution in [0.1, 0.15) is 21.5 Å². The molecule has 2 aromatic carbocycles. The third-order valence-electron chi connectivity index (χ3n) is 2.71. The summed E-state index contributed by atoms with van der Waals surface area (Å²) >= 11 is 5.95. The molecule has 5 heteroatoms. The van der Waals surface area contributed by atoms with Gasteiger partial charge in [0.15, 0.2) is 0 Å². The number of hydrogen-bond acceptors (Lipinski definition) is 2. The molecule has 0 aliphatic heterocycles. The first-order valence-corrected chi connectivity index (χ1v) is 6.16. The van der Waals surface area contributed by atoms with Crippen LogP contribution < -0.4 is 5.32 Å². The lowest BCUT2D eigenvalue weighted by Crippen LogP contribution is -2.14. The van der Waals surface area contributed by atoms with E-state index in [4.69, 9.17) is 16.9 Å². The molecule has 0 spiro atoms. The van der Waals surface area contributed by atoms with Crippen molar-refractivity contribution in [2.45, 2.75) is 6.92 Å². The number of aryl methyl sites for hydroxylation is 1. The van der Waals surface area contributed by atoms with E-state index in [1.54, 1.807) is 13.0 Å². The van der Waals surface area contributed by atoms with Gasteiger partial charge in [0.2, 0.25) is 0 Å². The van der Waals surface area contributed by atoms with Crippen LogP contribution in [0, 0.1) is 24.1 Å². The minimum absolute atomic E-state index is 0.0505.